The van der Waals surface area contributed by atoms with Crippen molar-refractivity contribution in [3.05, 3.63) is 42.5 Å². The molecule has 0 aromatic carbocycles. The van der Waals surface area contributed by atoms with Gasteiger partial charge in [-0.3, -0.25) is 9.48 Å². The van der Waals surface area contributed by atoms with E-state index in [1.165, 1.54) is 32.1 Å². The number of pyridine rings is 1. The van der Waals surface area contributed by atoms with Crippen molar-refractivity contribution >= 4 is 40.9 Å². The lowest BCUT2D eigenvalue weighted by atomic mass is 9.96. The van der Waals surface area contributed by atoms with Crippen molar-refractivity contribution in [1.29, 1.82) is 0 Å². The standard InChI is InChI=1S/C23H26N8O2.CH2O/c32-23(18-13-25-30-7-6-21(27-22(18)30)29-8-10-33-11-9-29)26-20-12-16-15-31(28-19(16)14-24-20)17-4-2-1-3-5-17;1-2/h6-7,12-15,17H,1-5,8-11H2,(H,26,32);1H2. The van der Waals surface area contributed by atoms with E-state index < -0.39 is 0 Å². The molecule has 0 bridgehead atoms. The predicted octanol–water partition coefficient (Wildman–Crippen LogP) is 2.88. The minimum atomic E-state index is -0.289. The summed E-state index contributed by atoms with van der Waals surface area (Å²) in [5.41, 5.74) is 1.76. The molecule has 6 rings (SSSR count). The molecule has 1 saturated heterocycles. The van der Waals surface area contributed by atoms with Crippen molar-refractivity contribution in [2.24, 2.45) is 0 Å². The van der Waals surface area contributed by atoms with Gasteiger partial charge in [-0.15, -0.1) is 0 Å². The fourth-order valence-electron chi connectivity index (χ4n) is 4.72. The zero-order chi connectivity index (χ0) is 24.2. The summed E-state index contributed by atoms with van der Waals surface area (Å²) in [7, 11) is 0. The molecule has 1 amide bonds. The summed E-state index contributed by atoms with van der Waals surface area (Å²) in [5, 5.41) is 12.9. The number of hydrogen-bond donors (Lipinski definition) is 1. The van der Waals surface area contributed by atoms with E-state index in [1.54, 1.807) is 16.9 Å². The van der Waals surface area contributed by atoms with Crippen LogP contribution in [0.5, 0.6) is 0 Å². The van der Waals surface area contributed by atoms with Gasteiger partial charge in [0.25, 0.3) is 5.91 Å². The zero-order valence-corrected chi connectivity index (χ0v) is 19.5. The Morgan fingerprint density at radius 2 is 1.91 bits per heavy atom. The fourth-order valence-corrected chi connectivity index (χ4v) is 4.72. The number of nitrogens with one attached hydrogen (secondary N) is 1. The van der Waals surface area contributed by atoms with Crippen molar-refractivity contribution in [1.82, 2.24) is 29.4 Å². The molecule has 2 fully saturated rings. The first kappa shape index (κ1) is 22.9. The Balaban J connectivity index is 0.00000124. The number of anilines is 2. The molecule has 2 aliphatic rings. The lowest BCUT2D eigenvalue weighted by Crippen LogP contribution is -2.36. The number of carbonyl (C=O) groups excluding carboxylic acids is 2. The Hall–Kier alpha value is -3.86. The predicted molar refractivity (Wildman–Crippen MR) is 131 cm³/mol. The highest BCUT2D eigenvalue weighted by Gasteiger charge is 2.20. The van der Waals surface area contributed by atoms with Crippen LogP contribution in [-0.2, 0) is 9.53 Å². The van der Waals surface area contributed by atoms with E-state index in [4.69, 9.17) is 19.6 Å². The molecule has 4 aromatic heterocycles. The minimum Gasteiger partial charge on any atom is -0.378 e. The minimum absolute atomic E-state index is 0.289. The number of morpholine rings is 1. The average molecular weight is 477 g/mol. The SMILES string of the molecule is C=O.O=C(Nc1cc2cn(C3CCCCC3)nc2cn1)c1cnn2ccc(N3CCOCC3)nc12. The van der Waals surface area contributed by atoms with Gasteiger partial charge in [-0.25, -0.2) is 14.5 Å². The van der Waals surface area contributed by atoms with E-state index in [2.05, 4.69) is 31.2 Å². The molecule has 4 aromatic rings. The van der Waals surface area contributed by atoms with Gasteiger partial charge in [-0.2, -0.15) is 10.2 Å². The number of hydrogen-bond acceptors (Lipinski definition) is 8. The quantitative estimate of drug-likeness (QED) is 0.478. The number of aromatic nitrogens is 6. The third-order valence-corrected chi connectivity index (χ3v) is 6.53. The maximum atomic E-state index is 13.1. The maximum Gasteiger partial charge on any atom is 0.262 e. The molecule has 1 aliphatic carbocycles. The lowest BCUT2D eigenvalue weighted by molar-refractivity contribution is -0.0980. The van der Waals surface area contributed by atoms with Gasteiger partial charge in [0.1, 0.15) is 29.5 Å². The van der Waals surface area contributed by atoms with Gasteiger partial charge in [0, 0.05) is 30.9 Å². The number of nitrogens with zero attached hydrogens (tertiary/aromatic N) is 7. The largest absolute Gasteiger partial charge is 0.378 e. The summed E-state index contributed by atoms with van der Waals surface area (Å²) in [5.74, 6) is 1.01. The Labute approximate surface area is 202 Å². The van der Waals surface area contributed by atoms with Gasteiger partial charge < -0.3 is 19.7 Å². The topological polar surface area (TPSA) is 120 Å². The molecule has 11 nitrogen and oxygen atoms in total. The highest BCUT2D eigenvalue weighted by molar-refractivity contribution is 6.08. The monoisotopic (exact) mass is 476 g/mol. The summed E-state index contributed by atoms with van der Waals surface area (Å²) in [6.45, 7) is 4.89. The van der Waals surface area contributed by atoms with Crippen LogP contribution in [0.15, 0.2) is 36.9 Å². The highest BCUT2D eigenvalue weighted by atomic mass is 16.5. The van der Waals surface area contributed by atoms with Crippen LogP contribution in [0.25, 0.3) is 16.6 Å². The second-order valence-electron chi connectivity index (χ2n) is 8.70. The number of rotatable bonds is 4. The Morgan fingerprint density at radius 3 is 2.71 bits per heavy atom. The number of amides is 1. The number of carbonyl (C=O) groups is 2. The third kappa shape index (κ3) is 4.72. The second-order valence-corrected chi connectivity index (χ2v) is 8.70. The van der Waals surface area contributed by atoms with Crippen LogP contribution >= 0.6 is 0 Å². The van der Waals surface area contributed by atoms with E-state index >= 15 is 0 Å². The smallest absolute Gasteiger partial charge is 0.262 e. The molecule has 5 heterocycles. The molecule has 182 valence electrons. The first-order valence-corrected chi connectivity index (χ1v) is 11.9. The lowest BCUT2D eigenvalue weighted by Gasteiger charge is -2.27. The van der Waals surface area contributed by atoms with E-state index in [-0.39, 0.29) is 5.91 Å². The first-order chi connectivity index (χ1) is 17.2. The van der Waals surface area contributed by atoms with E-state index in [1.807, 2.05) is 25.1 Å². The average Bonchev–Trinajstić information content (AvgIpc) is 3.55. The van der Waals surface area contributed by atoms with Crippen LogP contribution in [0.2, 0.25) is 0 Å². The summed E-state index contributed by atoms with van der Waals surface area (Å²) < 4.78 is 9.11. The molecule has 1 saturated carbocycles. The van der Waals surface area contributed by atoms with Crippen molar-refractivity contribution in [2.75, 3.05) is 36.5 Å². The Morgan fingerprint density at radius 1 is 1.11 bits per heavy atom. The highest BCUT2D eigenvalue weighted by Crippen LogP contribution is 2.29. The van der Waals surface area contributed by atoms with Crippen LogP contribution in [-0.4, -0.2) is 68.4 Å². The summed E-state index contributed by atoms with van der Waals surface area (Å²) >= 11 is 0. The van der Waals surface area contributed by atoms with Crippen molar-refractivity contribution in [3.63, 3.8) is 0 Å². The fraction of sp³-hybridized carbons (Fsp3) is 0.417. The first-order valence-electron chi connectivity index (χ1n) is 11.9. The van der Waals surface area contributed by atoms with Gasteiger partial charge >= 0.3 is 0 Å². The molecular weight excluding hydrogens is 448 g/mol. The molecule has 0 spiro atoms. The molecule has 0 atom stereocenters. The number of fused-ring (bicyclic) bond motifs is 2. The van der Waals surface area contributed by atoms with Crippen LogP contribution in [0.3, 0.4) is 0 Å². The molecular formula is C24H28N8O3. The maximum absolute atomic E-state index is 13.1. The van der Waals surface area contributed by atoms with Gasteiger partial charge in [0.15, 0.2) is 5.65 Å². The van der Waals surface area contributed by atoms with Crippen LogP contribution in [0.4, 0.5) is 11.6 Å². The molecule has 1 aliphatic heterocycles. The summed E-state index contributed by atoms with van der Waals surface area (Å²) in [6.07, 6.45) is 13.3. The normalized spacial score (nSPS) is 16.7. The molecule has 0 radical (unpaired) electrons. The van der Waals surface area contributed by atoms with E-state index in [0.717, 1.165) is 29.8 Å². The van der Waals surface area contributed by atoms with Crippen molar-refractivity contribution < 1.29 is 14.3 Å². The van der Waals surface area contributed by atoms with E-state index in [0.29, 0.717) is 36.3 Å². The summed E-state index contributed by atoms with van der Waals surface area (Å²) in [4.78, 5) is 32.3. The van der Waals surface area contributed by atoms with Gasteiger partial charge in [0.05, 0.1) is 31.6 Å². The van der Waals surface area contributed by atoms with Crippen molar-refractivity contribution in [3.8, 4) is 0 Å². The molecule has 0 unspecified atom stereocenters. The second kappa shape index (κ2) is 10.2. The van der Waals surface area contributed by atoms with Crippen molar-refractivity contribution in [2.45, 2.75) is 38.1 Å². The van der Waals surface area contributed by atoms with Crippen LogP contribution in [0, 0.1) is 0 Å². The zero-order valence-electron chi connectivity index (χ0n) is 19.5. The summed E-state index contributed by atoms with van der Waals surface area (Å²) in [6, 6.07) is 4.24. The Bertz CT molecular complexity index is 1320. The van der Waals surface area contributed by atoms with Crippen LogP contribution < -0.4 is 10.2 Å². The van der Waals surface area contributed by atoms with Crippen LogP contribution in [0.1, 0.15) is 48.5 Å². The molecule has 35 heavy (non-hydrogen) atoms. The molecule has 1 N–H and O–H groups in total. The van der Waals surface area contributed by atoms with Gasteiger partial charge in [-0.1, -0.05) is 19.3 Å². The van der Waals surface area contributed by atoms with E-state index in [9.17, 15) is 4.79 Å². The Kier molecular flexibility index (Phi) is 6.66. The van der Waals surface area contributed by atoms with Gasteiger partial charge in [0.2, 0.25) is 0 Å². The molecule has 11 heteroatoms. The number of ether oxygens (including phenoxy) is 1. The third-order valence-electron chi connectivity index (χ3n) is 6.53. The van der Waals surface area contributed by atoms with Gasteiger partial charge in [-0.05, 0) is 25.0 Å².